The number of pyridine rings is 1. The number of hydrogen-bond donors (Lipinski definition) is 1. The van der Waals surface area contributed by atoms with E-state index in [1.165, 1.54) is 0 Å². The maximum Gasteiger partial charge on any atom is 0.195 e. The zero-order valence-electron chi connectivity index (χ0n) is 11.5. The van der Waals surface area contributed by atoms with Crippen molar-refractivity contribution in [1.82, 2.24) is 19.7 Å². The van der Waals surface area contributed by atoms with E-state index in [2.05, 4.69) is 26.7 Å². The van der Waals surface area contributed by atoms with Gasteiger partial charge in [0.05, 0.1) is 6.10 Å². The minimum atomic E-state index is 0.327. The van der Waals surface area contributed by atoms with Gasteiger partial charge in [-0.2, -0.15) is 5.10 Å². The van der Waals surface area contributed by atoms with Gasteiger partial charge in [-0.15, -0.1) is 0 Å². The van der Waals surface area contributed by atoms with Gasteiger partial charge in [0, 0.05) is 37.0 Å². The molecule has 0 radical (unpaired) electrons. The van der Waals surface area contributed by atoms with Crippen LogP contribution in [-0.4, -0.2) is 32.5 Å². The molecule has 1 N–H and O–H groups in total. The monoisotopic (exact) mass is 290 g/mol. The number of nitrogens with one attached hydrogen (secondary N) is 1. The highest BCUT2D eigenvalue weighted by atomic mass is 32.1. The highest BCUT2D eigenvalue weighted by molar-refractivity contribution is 7.71. The second-order valence-electron chi connectivity index (χ2n) is 5.07. The Hall–Kier alpha value is -1.53. The van der Waals surface area contributed by atoms with E-state index in [0.29, 0.717) is 16.8 Å². The van der Waals surface area contributed by atoms with Crippen LogP contribution in [0.4, 0.5) is 0 Å². The number of ether oxygens (including phenoxy) is 1. The quantitative estimate of drug-likeness (QED) is 0.880. The molecule has 2 atom stereocenters. The SMILES string of the molecule is CCC1OCCC1Cn1c(-c2cccnc2)n[nH]c1=S. The first-order valence-corrected chi connectivity index (χ1v) is 7.37. The fraction of sp³-hybridized carbons (Fsp3) is 0.500. The van der Waals surface area contributed by atoms with Crippen molar-refractivity contribution in [2.75, 3.05) is 6.61 Å². The topological polar surface area (TPSA) is 55.7 Å². The van der Waals surface area contributed by atoms with E-state index in [1.807, 2.05) is 18.3 Å². The molecular weight excluding hydrogens is 272 g/mol. The number of aromatic nitrogens is 4. The minimum Gasteiger partial charge on any atom is -0.378 e. The molecule has 1 aliphatic heterocycles. The molecule has 0 amide bonds. The van der Waals surface area contributed by atoms with Crippen molar-refractivity contribution in [3.8, 4) is 11.4 Å². The van der Waals surface area contributed by atoms with Gasteiger partial charge in [0.15, 0.2) is 10.6 Å². The molecule has 2 unspecified atom stereocenters. The van der Waals surface area contributed by atoms with Crippen LogP contribution in [0.15, 0.2) is 24.5 Å². The van der Waals surface area contributed by atoms with Crippen LogP contribution in [-0.2, 0) is 11.3 Å². The Morgan fingerprint density at radius 2 is 2.45 bits per heavy atom. The van der Waals surface area contributed by atoms with Crippen LogP contribution in [0.25, 0.3) is 11.4 Å². The number of hydrogen-bond acceptors (Lipinski definition) is 4. The fourth-order valence-electron chi connectivity index (χ4n) is 2.79. The molecule has 3 rings (SSSR count). The molecule has 0 spiro atoms. The summed E-state index contributed by atoms with van der Waals surface area (Å²) in [5.74, 6) is 1.35. The summed E-state index contributed by atoms with van der Waals surface area (Å²) in [6, 6.07) is 3.90. The predicted octanol–water partition coefficient (Wildman–Crippen LogP) is 2.82. The molecule has 0 aromatic carbocycles. The highest BCUT2D eigenvalue weighted by Gasteiger charge is 2.28. The Morgan fingerprint density at radius 3 is 3.20 bits per heavy atom. The lowest BCUT2D eigenvalue weighted by Crippen LogP contribution is -2.20. The first-order chi connectivity index (χ1) is 9.79. The van der Waals surface area contributed by atoms with Gasteiger partial charge < -0.3 is 4.74 Å². The number of aromatic amines is 1. The molecule has 0 saturated carbocycles. The van der Waals surface area contributed by atoms with Crippen LogP contribution < -0.4 is 0 Å². The standard InChI is InChI=1S/C14H18N4OS/c1-2-12-11(5-7-19-12)9-18-13(16-17-14(18)20)10-4-3-6-15-8-10/h3-4,6,8,11-12H,2,5,7,9H2,1H3,(H,17,20). The molecule has 1 aliphatic rings. The second kappa shape index (κ2) is 5.85. The van der Waals surface area contributed by atoms with Crippen LogP contribution in [0.3, 0.4) is 0 Å². The van der Waals surface area contributed by atoms with Crippen molar-refractivity contribution < 1.29 is 4.74 Å². The number of rotatable bonds is 4. The maximum absolute atomic E-state index is 5.76. The molecule has 0 aliphatic carbocycles. The lowest BCUT2D eigenvalue weighted by molar-refractivity contribution is 0.0835. The van der Waals surface area contributed by atoms with Gasteiger partial charge in [-0.25, -0.2) is 0 Å². The first kappa shape index (κ1) is 13.5. The third-order valence-corrected chi connectivity index (χ3v) is 4.16. The van der Waals surface area contributed by atoms with Crippen LogP contribution >= 0.6 is 12.2 Å². The molecule has 3 heterocycles. The normalized spacial score (nSPS) is 22.2. The Bertz CT molecular complexity index is 622. The molecular formula is C14H18N4OS. The average molecular weight is 290 g/mol. The lowest BCUT2D eigenvalue weighted by Gasteiger charge is -2.18. The third kappa shape index (κ3) is 2.53. The summed E-state index contributed by atoms with van der Waals surface area (Å²) in [5, 5.41) is 7.23. The molecule has 5 nitrogen and oxygen atoms in total. The number of nitrogens with zero attached hydrogens (tertiary/aromatic N) is 3. The van der Waals surface area contributed by atoms with Crippen molar-refractivity contribution >= 4 is 12.2 Å². The zero-order valence-corrected chi connectivity index (χ0v) is 12.3. The van der Waals surface area contributed by atoms with Crippen molar-refractivity contribution in [2.24, 2.45) is 5.92 Å². The number of H-pyrrole nitrogens is 1. The Morgan fingerprint density at radius 1 is 1.55 bits per heavy atom. The van der Waals surface area contributed by atoms with Crippen molar-refractivity contribution in [3.05, 3.63) is 29.3 Å². The van der Waals surface area contributed by atoms with E-state index < -0.39 is 0 Å². The van der Waals surface area contributed by atoms with Crippen LogP contribution in [0.5, 0.6) is 0 Å². The molecule has 6 heteroatoms. The summed E-state index contributed by atoms with van der Waals surface area (Å²) in [7, 11) is 0. The van der Waals surface area contributed by atoms with E-state index in [4.69, 9.17) is 17.0 Å². The molecule has 0 bridgehead atoms. The van der Waals surface area contributed by atoms with Crippen LogP contribution in [0, 0.1) is 10.7 Å². The zero-order chi connectivity index (χ0) is 13.9. The molecule has 1 saturated heterocycles. The molecule has 106 valence electrons. The highest BCUT2D eigenvalue weighted by Crippen LogP contribution is 2.27. The molecule has 20 heavy (non-hydrogen) atoms. The van der Waals surface area contributed by atoms with E-state index in [9.17, 15) is 0 Å². The molecule has 2 aromatic heterocycles. The maximum atomic E-state index is 5.76. The van der Waals surface area contributed by atoms with E-state index in [1.54, 1.807) is 6.20 Å². The fourth-order valence-corrected chi connectivity index (χ4v) is 3.00. The van der Waals surface area contributed by atoms with Gasteiger partial charge >= 0.3 is 0 Å². The summed E-state index contributed by atoms with van der Waals surface area (Å²) >= 11 is 5.37. The largest absolute Gasteiger partial charge is 0.378 e. The summed E-state index contributed by atoms with van der Waals surface area (Å²) in [6.07, 6.45) is 6.01. The predicted molar refractivity (Wildman–Crippen MR) is 78.8 cm³/mol. The Balaban J connectivity index is 1.90. The van der Waals surface area contributed by atoms with Crippen LogP contribution in [0.2, 0.25) is 0 Å². The summed E-state index contributed by atoms with van der Waals surface area (Å²) in [4.78, 5) is 4.15. The van der Waals surface area contributed by atoms with Gasteiger partial charge in [-0.3, -0.25) is 14.6 Å². The van der Waals surface area contributed by atoms with Gasteiger partial charge in [0.2, 0.25) is 0 Å². The lowest BCUT2D eigenvalue weighted by atomic mass is 9.99. The van der Waals surface area contributed by atoms with Gasteiger partial charge in [0.1, 0.15) is 0 Å². The Kier molecular flexibility index (Phi) is 3.93. The van der Waals surface area contributed by atoms with Crippen molar-refractivity contribution in [3.63, 3.8) is 0 Å². The van der Waals surface area contributed by atoms with Crippen molar-refractivity contribution in [1.29, 1.82) is 0 Å². The van der Waals surface area contributed by atoms with Gasteiger partial charge in [0.25, 0.3) is 0 Å². The Labute approximate surface area is 123 Å². The average Bonchev–Trinajstić information content (AvgIpc) is 3.08. The van der Waals surface area contributed by atoms with Crippen LogP contribution in [0.1, 0.15) is 19.8 Å². The van der Waals surface area contributed by atoms with Gasteiger partial charge in [-0.05, 0) is 37.2 Å². The van der Waals surface area contributed by atoms with Crippen molar-refractivity contribution in [2.45, 2.75) is 32.4 Å². The third-order valence-electron chi connectivity index (χ3n) is 3.84. The second-order valence-corrected chi connectivity index (χ2v) is 5.46. The van der Waals surface area contributed by atoms with E-state index in [0.717, 1.165) is 37.4 Å². The first-order valence-electron chi connectivity index (χ1n) is 6.96. The summed E-state index contributed by atoms with van der Waals surface area (Å²) in [6.45, 7) is 3.86. The smallest absolute Gasteiger partial charge is 0.195 e. The summed E-state index contributed by atoms with van der Waals surface area (Å²) < 4.78 is 8.48. The van der Waals surface area contributed by atoms with E-state index in [-0.39, 0.29) is 0 Å². The minimum absolute atomic E-state index is 0.327. The summed E-state index contributed by atoms with van der Waals surface area (Å²) in [5.41, 5.74) is 0.979. The van der Waals surface area contributed by atoms with Gasteiger partial charge in [-0.1, -0.05) is 6.92 Å². The van der Waals surface area contributed by atoms with E-state index >= 15 is 0 Å². The molecule has 1 fully saturated rings. The molecule has 2 aromatic rings.